The fourth-order valence-electron chi connectivity index (χ4n) is 5.02. The summed E-state index contributed by atoms with van der Waals surface area (Å²) >= 11 is 0. The molecule has 1 aliphatic carbocycles. The first-order valence-electron chi connectivity index (χ1n) is 12.7. The van der Waals surface area contributed by atoms with E-state index in [0.29, 0.717) is 5.92 Å². The summed E-state index contributed by atoms with van der Waals surface area (Å²) in [5, 5.41) is 6.89. The number of methoxy groups -OCH3 is 1. The van der Waals surface area contributed by atoms with Crippen LogP contribution in [-0.4, -0.2) is 34.3 Å². The highest BCUT2D eigenvalue weighted by Gasteiger charge is 2.25. The summed E-state index contributed by atoms with van der Waals surface area (Å²) in [6.07, 6.45) is 6.13. The summed E-state index contributed by atoms with van der Waals surface area (Å²) in [5.74, 6) is 2.13. The van der Waals surface area contributed by atoms with Gasteiger partial charge in [-0.2, -0.15) is 0 Å². The van der Waals surface area contributed by atoms with E-state index >= 15 is 0 Å². The number of hydrogen-bond donors (Lipinski definition) is 2. The summed E-state index contributed by atoms with van der Waals surface area (Å²) in [5.41, 5.74) is 6.36. The van der Waals surface area contributed by atoms with Crippen LogP contribution in [0.5, 0.6) is 5.75 Å². The number of carboxylic acid groups (broad SMARTS) is 1. The monoisotopic (exact) mass is 517 g/mol. The molecule has 1 fully saturated rings. The Hall–Kier alpha value is -2.38. The van der Waals surface area contributed by atoms with Gasteiger partial charge in [-0.3, -0.25) is 4.79 Å². The maximum absolute atomic E-state index is 13.0. The second-order valence-electron chi connectivity index (χ2n) is 10.5. The van der Waals surface area contributed by atoms with E-state index in [1.165, 1.54) is 37.7 Å². The zero-order valence-electron chi connectivity index (χ0n) is 22.8. The highest BCUT2D eigenvalue weighted by atomic mass is 32.2. The predicted octanol–water partition coefficient (Wildman–Crippen LogP) is 7.21. The number of nitrogens with one attached hydrogen (secondary N) is 1. The Morgan fingerprint density at radius 3 is 2.25 bits per heavy atom. The lowest BCUT2D eigenvalue weighted by molar-refractivity contribution is -0.122. The number of aryl methyl sites for hydroxylation is 1. The first kappa shape index (κ1) is 29.8. The molecule has 0 radical (unpaired) electrons. The number of anilines is 1. The normalized spacial score (nSPS) is 15.9. The number of rotatable bonds is 8. The fraction of sp³-hybridized carbons (Fsp3) is 0.552. The van der Waals surface area contributed by atoms with Gasteiger partial charge in [0, 0.05) is 11.4 Å². The van der Waals surface area contributed by atoms with Gasteiger partial charge in [-0.1, -0.05) is 31.4 Å². The molecule has 0 aliphatic heterocycles. The highest BCUT2D eigenvalue weighted by molar-refractivity contribution is 7.86. The third-order valence-corrected chi connectivity index (χ3v) is 7.71. The number of hydrogen-bond acceptors (Lipinski definition) is 4. The van der Waals surface area contributed by atoms with Crippen LogP contribution in [0.3, 0.4) is 0 Å². The van der Waals surface area contributed by atoms with E-state index in [4.69, 9.17) is 19.4 Å². The lowest BCUT2D eigenvalue weighted by atomic mass is 9.88. The quantitative estimate of drug-likeness (QED) is 0.361. The molecule has 7 heteroatoms. The van der Waals surface area contributed by atoms with Gasteiger partial charge in [0.25, 0.3) is 6.47 Å². The average Bonchev–Trinajstić information content (AvgIpc) is 2.81. The largest absolute Gasteiger partial charge is 0.497 e. The Labute approximate surface area is 219 Å². The summed E-state index contributed by atoms with van der Waals surface area (Å²) < 4.78 is 28.2. The van der Waals surface area contributed by atoms with Crippen LogP contribution in [0.2, 0.25) is 0 Å². The van der Waals surface area contributed by atoms with E-state index < -0.39 is 11.0 Å². The molecule has 2 aromatic carbocycles. The Morgan fingerprint density at radius 1 is 1.14 bits per heavy atom. The van der Waals surface area contributed by atoms with Crippen molar-refractivity contribution in [1.29, 1.82) is 0 Å². The van der Waals surface area contributed by atoms with E-state index in [0.717, 1.165) is 39.4 Å². The molecule has 0 heterocycles. The summed E-state index contributed by atoms with van der Waals surface area (Å²) in [4.78, 5) is 8.36. The third kappa shape index (κ3) is 8.63. The van der Waals surface area contributed by atoms with Gasteiger partial charge in [0.15, 0.2) is 0 Å². The van der Waals surface area contributed by atoms with Crippen LogP contribution in [0.25, 0.3) is 11.1 Å². The van der Waals surface area contributed by atoms with Gasteiger partial charge in [-0.15, -0.1) is 0 Å². The minimum atomic E-state index is -1.09. The van der Waals surface area contributed by atoms with Gasteiger partial charge in [0.2, 0.25) is 0 Å². The maximum Gasteiger partial charge on any atom is 0.290 e. The Balaban J connectivity index is 0.00000145. The standard InChI is InChI=1S/C28H41NO3S.CH2O2/c1-19-17-25(29-33(30)18-22-11-9-8-10-12-22)20(2)27(21(3)32-28(4,5)6)26(19)23-13-15-24(31-7)16-14-23;2-1-3/h13-17,21-22,29H,8-12,18H2,1-7H3;1H,(H,2,3). The SMILES string of the molecule is COc1ccc(-c2c(C)cc(NS(=O)CC3CCCCC3)c(C)c2C(C)OC(C)(C)C)cc1.O=CO. The molecule has 0 bridgehead atoms. The van der Waals surface area contributed by atoms with E-state index in [1.54, 1.807) is 7.11 Å². The summed E-state index contributed by atoms with van der Waals surface area (Å²) in [6.45, 7) is 12.4. The first-order chi connectivity index (χ1) is 17.0. The molecule has 0 spiro atoms. The Morgan fingerprint density at radius 2 is 1.72 bits per heavy atom. The molecule has 0 saturated heterocycles. The third-order valence-electron chi connectivity index (χ3n) is 6.48. The van der Waals surface area contributed by atoms with Crippen molar-refractivity contribution >= 4 is 23.1 Å². The minimum Gasteiger partial charge on any atom is -0.497 e. The van der Waals surface area contributed by atoms with Crippen LogP contribution >= 0.6 is 0 Å². The van der Waals surface area contributed by atoms with Crippen molar-refractivity contribution in [3.63, 3.8) is 0 Å². The Bertz CT molecular complexity index is 1010. The predicted molar refractivity (Wildman–Crippen MR) is 149 cm³/mol. The average molecular weight is 518 g/mol. The van der Waals surface area contributed by atoms with E-state index in [9.17, 15) is 4.21 Å². The molecule has 2 unspecified atom stereocenters. The second-order valence-corrected chi connectivity index (χ2v) is 11.7. The smallest absolute Gasteiger partial charge is 0.290 e. The van der Waals surface area contributed by atoms with Crippen LogP contribution in [0.1, 0.15) is 82.6 Å². The molecule has 2 N–H and O–H groups in total. The highest BCUT2D eigenvalue weighted by Crippen LogP contribution is 2.41. The molecule has 2 atom stereocenters. The number of ether oxygens (including phenoxy) is 2. The van der Waals surface area contributed by atoms with Crippen LogP contribution in [-0.2, 0) is 20.5 Å². The van der Waals surface area contributed by atoms with Crippen molar-refractivity contribution in [1.82, 2.24) is 0 Å². The Kier molecular flexibility index (Phi) is 11.4. The molecule has 3 rings (SSSR count). The molecule has 1 aliphatic rings. The van der Waals surface area contributed by atoms with Gasteiger partial charge in [-0.05, 0) is 106 Å². The van der Waals surface area contributed by atoms with Gasteiger partial charge < -0.3 is 19.3 Å². The molecular weight excluding hydrogens is 474 g/mol. The number of carbonyl (C=O) groups is 1. The molecule has 36 heavy (non-hydrogen) atoms. The van der Waals surface area contributed by atoms with Crippen LogP contribution in [0.15, 0.2) is 30.3 Å². The van der Waals surface area contributed by atoms with Crippen LogP contribution in [0, 0.1) is 19.8 Å². The number of benzene rings is 2. The van der Waals surface area contributed by atoms with Crippen molar-refractivity contribution < 1.29 is 23.6 Å². The molecule has 6 nitrogen and oxygen atoms in total. The van der Waals surface area contributed by atoms with Crippen molar-refractivity contribution in [2.75, 3.05) is 17.6 Å². The molecular formula is C29H43NO5S. The lowest BCUT2D eigenvalue weighted by Crippen LogP contribution is -2.23. The second kappa shape index (κ2) is 13.8. The molecule has 0 aromatic heterocycles. The van der Waals surface area contributed by atoms with Gasteiger partial charge in [-0.25, -0.2) is 4.21 Å². The van der Waals surface area contributed by atoms with E-state index in [2.05, 4.69) is 64.5 Å². The van der Waals surface area contributed by atoms with Gasteiger partial charge in [0.1, 0.15) is 16.7 Å². The van der Waals surface area contributed by atoms with Crippen LogP contribution in [0.4, 0.5) is 5.69 Å². The molecule has 1 saturated carbocycles. The summed E-state index contributed by atoms with van der Waals surface area (Å²) in [7, 11) is 0.593. The maximum atomic E-state index is 13.0. The molecule has 2 aromatic rings. The zero-order valence-corrected chi connectivity index (χ0v) is 23.7. The van der Waals surface area contributed by atoms with Crippen molar-refractivity contribution in [2.24, 2.45) is 5.92 Å². The van der Waals surface area contributed by atoms with E-state index in [-0.39, 0.29) is 18.2 Å². The van der Waals surface area contributed by atoms with Crippen LogP contribution < -0.4 is 9.46 Å². The van der Waals surface area contributed by atoms with Gasteiger partial charge in [0.05, 0.1) is 18.8 Å². The fourth-order valence-corrected chi connectivity index (χ4v) is 6.32. The van der Waals surface area contributed by atoms with E-state index in [1.807, 2.05) is 12.1 Å². The first-order valence-corrected chi connectivity index (χ1v) is 14.0. The topological polar surface area (TPSA) is 84.9 Å². The lowest BCUT2D eigenvalue weighted by Gasteiger charge is -2.30. The summed E-state index contributed by atoms with van der Waals surface area (Å²) in [6, 6.07) is 10.3. The zero-order chi connectivity index (χ0) is 26.9. The minimum absolute atomic E-state index is 0.116. The molecule has 0 amide bonds. The molecule has 200 valence electrons. The van der Waals surface area contributed by atoms with Crippen molar-refractivity contribution in [2.45, 2.75) is 85.4 Å². The van der Waals surface area contributed by atoms with Gasteiger partial charge >= 0.3 is 0 Å². The van der Waals surface area contributed by atoms with Crippen molar-refractivity contribution in [3.05, 3.63) is 47.0 Å². The van der Waals surface area contributed by atoms with Crippen molar-refractivity contribution in [3.8, 4) is 16.9 Å².